The number of carbonyl (C=O) groups excluding carboxylic acids is 1. The van der Waals surface area contributed by atoms with Crippen molar-refractivity contribution in [3.8, 4) is 22.1 Å². The Morgan fingerprint density at radius 2 is 2.09 bits per heavy atom. The number of pyridine rings is 2. The van der Waals surface area contributed by atoms with Crippen molar-refractivity contribution in [2.45, 2.75) is 12.7 Å². The number of ether oxygens (including phenoxy) is 5. The van der Waals surface area contributed by atoms with Crippen molar-refractivity contribution in [1.82, 2.24) is 20.2 Å². The van der Waals surface area contributed by atoms with Gasteiger partial charge < -0.3 is 23.7 Å². The molecule has 0 spiro atoms. The van der Waals surface area contributed by atoms with Gasteiger partial charge in [-0.25, -0.2) is 4.98 Å². The van der Waals surface area contributed by atoms with Gasteiger partial charge in [-0.05, 0) is 23.5 Å². The fourth-order valence-electron chi connectivity index (χ4n) is 3.20. The molecule has 1 saturated heterocycles. The molecule has 1 N–H and O–H groups in total. The van der Waals surface area contributed by atoms with Crippen molar-refractivity contribution in [3.63, 3.8) is 0 Å². The molecule has 1 amide bonds. The van der Waals surface area contributed by atoms with Gasteiger partial charge in [0.1, 0.15) is 23.6 Å². The van der Waals surface area contributed by atoms with Crippen LogP contribution in [0.5, 0.6) is 10.9 Å². The van der Waals surface area contributed by atoms with Gasteiger partial charge >= 0.3 is 0 Å². The summed E-state index contributed by atoms with van der Waals surface area (Å²) in [7, 11) is 3.08. The minimum Gasteiger partial charge on any atom is -0.494 e. The van der Waals surface area contributed by atoms with Gasteiger partial charge in [-0.1, -0.05) is 16.7 Å². The number of halogens is 1. The molecular weight excluding hydrogens is 486 g/mol. The summed E-state index contributed by atoms with van der Waals surface area (Å²) in [5.41, 5.74) is 2.05. The predicted molar refractivity (Wildman–Crippen MR) is 124 cm³/mol. The van der Waals surface area contributed by atoms with Gasteiger partial charge in [-0.15, -0.1) is 5.10 Å². The molecule has 3 aromatic heterocycles. The van der Waals surface area contributed by atoms with E-state index >= 15 is 0 Å². The molecule has 3 aromatic rings. The summed E-state index contributed by atoms with van der Waals surface area (Å²) < 4.78 is 27.1. The smallest absolute Gasteiger partial charge is 0.295 e. The third-order valence-electron chi connectivity index (χ3n) is 4.75. The van der Waals surface area contributed by atoms with Crippen LogP contribution in [-0.4, -0.2) is 72.8 Å². The van der Waals surface area contributed by atoms with Crippen LogP contribution < -0.4 is 14.8 Å². The molecule has 0 aliphatic carbocycles. The highest BCUT2D eigenvalue weighted by atomic mass is 35.5. The summed E-state index contributed by atoms with van der Waals surface area (Å²) >= 11 is 7.22. The van der Waals surface area contributed by atoms with Crippen molar-refractivity contribution >= 4 is 34.0 Å². The molecule has 1 aliphatic heterocycles. The zero-order valence-electron chi connectivity index (χ0n) is 18.4. The Morgan fingerprint density at radius 3 is 2.85 bits per heavy atom. The Bertz CT molecular complexity index is 1140. The third-order valence-corrected chi connectivity index (χ3v) is 5.70. The Morgan fingerprint density at radius 1 is 1.21 bits per heavy atom. The van der Waals surface area contributed by atoms with Gasteiger partial charge in [-0.3, -0.25) is 15.1 Å². The molecule has 180 valence electrons. The standard InChI is InChI=1S/C21H22ClN5O6S/c1-29-9-12-5-14(15-6-18(22)24-8-17(15)30-2)16(7-23-12)19(28)25-20-26-27-21(34-20)33-11-13-10-31-3-4-32-13/h5-8,13H,3-4,9-11H2,1-2H3,(H,25,26,28)/t13-/m0/s1. The largest absolute Gasteiger partial charge is 0.494 e. The van der Waals surface area contributed by atoms with Crippen LogP contribution in [0, 0.1) is 0 Å². The maximum Gasteiger partial charge on any atom is 0.295 e. The van der Waals surface area contributed by atoms with E-state index < -0.39 is 5.91 Å². The van der Waals surface area contributed by atoms with E-state index in [0.717, 1.165) is 11.3 Å². The van der Waals surface area contributed by atoms with Crippen molar-refractivity contribution in [2.24, 2.45) is 0 Å². The maximum atomic E-state index is 13.2. The lowest BCUT2D eigenvalue weighted by molar-refractivity contribution is -0.101. The summed E-state index contributed by atoms with van der Waals surface area (Å²) in [6, 6.07) is 3.37. The van der Waals surface area contributed by atoms with Gasteiger partial charge in [0, 0.05) is 24.4 Å². The number of anilines is 1. The number of methoxy groups -OCH3 is 2. The second-order valence-corrected chi connectivity index (χ2v) is 8.39. The Balaban J connectivity index is 1.54. The first-order valence-corrected chi connectivity index (χ1v) is 11.4. The van der Waals surface area contributed by atoms with Crippen LogP contribution in [0.3, 0.4) is 0 Å². The van der Waals surface area contributed by atoms with E-state index in [4.69, 9.17) is 35.3 Å². The Labute approximate surface area is 204 Å². The molecule has 1 aliphatic rings. The number of hydrogen-bond acceptors (Lipinski definition) is 11. The molecular formula is C21H22ClN5O6S. The lowest BCUT2D eigenvalue weighted by atomic mass is 10.00. The van der Waals surface area contributed by atoms with E-state index in [0.29, 0.717) is 47.6 Å². The quantitative estimate of drug-likeness (QED) is 0.432. The van der Waals surface area contributed by atoms with E-state index in [1.807, 2.05) is 0 Å². The van der Waals surface area contributed by atoms with Crippen molar-refractivity contribution in [2.75, 3.05) is 46.0 Å². The van der Waals surface area contributed by atoms with Gasteiger partial charge in [0.05, 0.1) is 51.0 Å². The van der Waals surface area contributed by atoms with E-state index in [1.165, 1.54) is 19.5 Å². The minimum absolute atomic E-state index is 0.169. The van der Waals surface area contributed by atoms with Crippen molar-refractivity contribution in [3.05, 3.63) is 40.9 Å². The molecule has 0 saturated carbocycles. The number of hydrogen-bond donors (Lipinski definition) is 1. The molecule has 0 radical (unpaired) electrons. The molecule has 13 heteroatoms. The lowest BCUT2D eigenvalue weighted by Crippen LogP contribution is -2.33. The molecule has 11 nitrogen and oxygen atoms in total. The van der Waals surface area contributed by atoms with Gasteiger partial charge in [-0.2, -0.15) is 0 Å². The second-order valence-electron chi connectivity index (χ2n) is 7.07. The van der Waals surface area contributed by atoms with E-state index in [-0.39, 0.29) is 35.2 Å². The van der Waals surface area contributed by atoms with Crippen LogP contribution in [0.15, 0.2) is 24.5 Å². The van der Waals surface area contributed by atoms with Crippen molar-refractivity contribution < 1.29 is 28.5 Å². The second kappa shape index (κ2) is 11.5. The summed E-state index contributed by atoms with van der Waals surface area (Å²) in [6.07, 6.45) is 2.79. The fraction of sp³-hybridized carbons (Fsp3) is 0.381. The third kappa shape index (κ3) is 5.96. The molecule has 4 rings (SSSR count). The monoisotopic (exact) mass is 507 g/mol. The molecule has 34 heavy (non-hydrogen) atoms. The van der Waals surface area contributed by atoms with Crippen LogP contribution in [0.2, 0.25) is 5.15 Å². The van der Waals surface area contributed by atoms with E-state index in [2.05, 4.69) is 25.5 Å². The lowest BCUT2D eigenvalue weighted by Gasteiger charge is -2.22. The number of carbonyl (C=O) groups is 1. The summed E-state index contributed by atoms with van der Waals surface area (Å²) in [5, 5.41) is 11.5. The first kappa shape index (κ1) is 24.2. The van der Waals surface area contributed by atoms with Gasteiger partial charge in [0.2, 0.25) is 5.13 Å². The Hall–Kier alpha value is -2.90. The molecule has 0 bridgehead atoms. The SMILES string of the molecule is COCc1cc(-c2cc(Cl)ncc2OC)c(C(=O)Nc2nnc(OC[C@@H]3COCCO3)s2)cn1. The summed E-state index contributed by atoms with van der Waals surface area (Å²) in [6.45, 7) is 2.10. The number of nitrogens with zero attached hydrogens (tertiary/aromatic N) is 4. The highest BCUT2D eigenvalue weighted by Crippen LogP contribution is 2.34. The first-order valence-electron chi connectivity index (χ1n) is 10.2. The fourth-order valence-corrected chi connectivity index (χ4v) is 3.96. The average Bonchev–Trinajstić information content (AvgIpc) is 3.30. The molecule has 4 heterocycles. The molecule has 1 atom stereocenters. The van der Waals surface area contributed by atoms with E-state index in [1.54, 1.807) is 19.2 Å². The van der Waals surface area contributed by atoms with Crippen LogP contribution in [0.25, 0.3) is 11.1 Å². The van der Waals surface area contributed by atoms with Crippen LogP contribution in [0.4, 0.5) is 5.13 Å². The van der Waals surface area contributed by atoms with Gasteiger partial charge in [0.15, 0.2) is 0 Å². The van der Waals surface area contributed by atoms with Gasteiger partial charge in [0.25, 0.3) is 11.1 Å². The normalized spacial score (nSPS) is 15.7. The van der Waals surface area contributed by atoms with Crippen LogP contribution in [0.1, 0.15) is 16.1 Å². The topological polar surface area (TPSA) is 127 Å². The predicted octanol–water partition coefficient (Wildman–Crippen LogP) is 2.85. The maximum absolute atomic E-state index is 13.2. The van der Waals surface area contributed by atoms with E-state index in [9.17, 15) is 4.79 Å². The molecule has 1 fully saturated rings. The number of aromatic nitrogens is 4. The van der Waals surface area contributed by atoms with Crippen LogP contribution >= 0.6 is 22.9 Å². The van der Waals surface area contributed by atoms with Crippen LogP contribution in [-0.2, 0) is 20.8 Å². The molecule has 0 aromatic carbocycles. The summed E-state index contributed by atoms with van der Waals surface area (Å²) in [5.74, 6) is 0.0155. The zero-order chi connectivity index (χ0) is 23.9. The first-order chi connectivity index (χ1) is 16.6. The van der Waals surface area contributed by atoms with Crippen molar-refractivity contribution in [1.29, 1.82) is 0 Å². The average molecular weight is 508 g/mol. The highest BCUT2D eigenvalue weighted by Gasteiger charge is 2.21. The zero-order valence-corrected chi connectivity index (χ0v) is 20.0. The number of amides is 1. The number of rotatable bonds is 9. The summed E-state index contributed by atoms with van der Waals surface area (Å²) in [4.78, 5) is 21.5. The Kier molecular flexibility index (Phi) is 8.19. The minimum atomic E-state index is -0.437. The number of nitrogens with one attached hydrogen (secondary N) is 1. The molecule has 0 unspecified atom stereocenters. The highest BCUT2D eigenvalue weighted by molar-refractivity contribution is 7.17.